The van der Waals surface area contributed by atoms with Crippen LogP contribution in [0.25, 0.3) is 0 Å². The normalized spacial score (nSPS) is 11.0. The summed E-state index contributed by atoms with van der Waals surface area (Å²) in [6.45, 7) is 7.89. The first kappa shape index (κ1) is 15.2. The van der Waals surface area contributed by atoms with Gasteiger partial charge in [-0.1, -0.05) is 26.8 Å². The lowest BCUT2D eigenvalue weighted by molar-refractivity contribution is -0.136. The summed E-state index contributed by atoms with van der Waals surface area (Å²) >= 11 is 0. The molecule has 1 aromatic carbocycles. The minimum absolute atomic E-state index is 0.0497. The second-order valence-corrected chi connectivity index (χ2v) is 5.52. The summed E-state index contributed by atoms with van der Waals surface area (Å²) in [5.41, 5.74) is 1.97. The number of nitrogens with one attached hydrogen (secondary N) is 1. The fourth-order valence-corrected chi connectivity index (χ4v) is 1.76. The van der Waals surface area contributed by atoms with Crippen LogP contribution in [0.2, 0.25) is 0 Å². The maximum Gasteiger partial charge on any atom is 0.287 e. The zero-order valence-corrected chi connectivity index (χ0v) is 12.2. The van der Waals surface area contributed by atoms with Crippen molar-refractivity contribution in [2.75, 3.05) is 7.11 Å². The highest BCUT2D eigenvalue weighted by molar-refractivity contribution is 6.35. The largest absolute Gasteiger partial charge is 0.496 e. The fraction of sp³-hybridized carbons (Fsp3) is 0.467. The molecule has 0 bridgehead atoms. The van der Waals surface area contributed by atoms with Crippen molar-refractivity contribution >= 4 is 11.7 Å². The number of Topliss-reactive ketones (excluding diaryl/α,β-unsaturated/α-hetero) is 1. The summed E-state index contributed by atoms with van der Waals surface area (Å²) in [6.07, 6.45) is 0. The van der Waals surface area contributed by atoms with E-state index in [-0.39, 0.29) is 5.41 Å². The van der Waals surface area contributed by atoms with Gasteiger partial charge in [-0.2, -0.15) is 0 Å². The minimum atomic E-state index is -0.562. The van der Waals surface area contributed by atoms with E-state index in [9.17, 15) is 9.59 Å². The van der Waals surface area contributed by atoms with E-state index in [0.717, 1.165) is 16.9 Å². The van der Waals surface area contributed by atoms with Crippen molar-refractivity contribution in [1.29, 1.82) is 0 Å². The van der Waals surface area contributed by atoms with Crippen LogP contribution in [0.15, 0.2) is 18.2 Å². The molecule has 0 radical (unpaired) electrons. The van der Waals surface area contributed by atoms with E-state index >= 15 is 0 Å². The second kappa shape index (κ2) is 5.87. The Hall–Kier alpha value is -1.84. The molecule has 1 aromatic rings. The van der Waals surface area contributed by atoms with Crippen molar-refractivity contribution in [1.82, 2.24) is 5.32 Å². The monoisotopic (exact) mass is 263 g/mol. The van der Waals surface area contributed by atoms with E-state index in [1.54, 1.807) is 7.11 Å². The van der Waals surface area contributed by atoms with Gasteiger partial charge in [0.05, 0.1) is 7.11 Å². The van der Waals surface area contributed by atoms with Gasteiger partial charge in [0.25, 0.3) is 5.91 Å². The number of rotatable bonds is 4. The molecule has 0 spiro atoms. The number of methoxy groups -OCH3 is 1. The van der Waals surface area contributed by atoms with Crippen molar-refractivity contribution in [2.24, 2.45) is 0 Å². The zero-order chi connectivity index (χ0) is 14.6. The smallest absolute Gasteiger partial charge is 0.287 e. The number of carbonyl (C=O) groups excluding carboxylic acids is 2. The zero-order valence-electron chi connectivity index (χ0n) is 12.2. The topological polar surface area (TPSA) is 55.4 Å². The van der Waals surface area contributed by atoms with Gasteiger partial charge in [-0.3, -0.25) is 9.59 Å². The van der Waals surface area contributed by atoms with Crippen molar-refractivity contribution in [3.05, 3.63) is 29.3 Å². The summed E-state index contributed by atoms with van der Waals surface area (Å²) < 4.78 is 5.35. The first-order valence-corrected chi connectivity index (χ1v) is 6.22. The van der Waals surface area contributed by atoms with Crippen LogP contribution in [-0.4, -0.2) is 18.8 Å². The van der Waals surface area contributed by atoms with E-state index in [1.807, 2.05) is 18.2 Å². The molecule has 0 unspecified atom stereocenters. The maximum atomic E-state index is 11.2. The van der Waals surface area contributed by atoms with Gasteiger partial charge in [-0.05, 0) is 28.7 Å². The van der Waals surface area contributed by atoms with E-state index in [1.165, 1.54) is 6.92 Å². The lowest BCUT2D eigenvalue weighted by atomic mass is 9.85. The predicted molar refractivity (Wildman–Crippen MR) is 74.2 cm³/mol. The Kier molecular flexibility index (Phi) is 4.70. The molecule has 4 nitrogen and oxygen atoms in total. The number of ether oxygens (including phenoxy) is 1. The Labute approximate surface area is 114 Å². The Morgan fingerprint density at radius 2 is 1.89 bits per heavy atom. The number of ketones is 1. The van der Waals surface area contributed by atoms with Crippen LogP contribution < -0.4 is 10.1 Å². The molecular weight excluding hydrogens is 242 g/mol. The Balaban J connectivity index is 2.93. The average Bonchev–Trinajstić information content (AvgIpc) is 2.34. The van der Waals surface area contributed by atoms with Gasteiger partial charge in [0, 0.05) is 13.5 Å². The molecule has 104 valence electrons. The molecule has 0 aliphatic rings. The standard InChI is InChI=1S/C15H21NO3/c1-10(17)14(18)16-9-11-6-7-13(19-5)12(8-11)15(2,3)4/h6-8H,9H2,1-5H3,(H,16,18). The van der Waals surface area contributed by atoms with Crippen molar-refractivity contribution in [3.63, 3.8) is 0 Å². The molecule has 4 heteroatoms. The van der Waals surface area contributed by atoms with E-state index in [2.05, 4.69) is 26.1 Å². The third-order valence-corrected chi connectivity index (χ3v) is 2.84. The molecule has 0 atom stereocenters. The van der Waals surface area contributed by atoms with Crippen LogP contribution in [0.5, 0.6) is 5.75 Å². The number of hydrogen-bond acceptors (Lipinski definition) is 3. The molecule has 0 saturated heterocycles. The van der Waals surface area contributed by atoms with Crippen LogP contribution in [-0.2, 0) is 21.5 Å². The fourth-order valence-electron chi connectivity index (χ4n) is 1.76. The molecule has 1 amide bonds. The summed E-state index contributed by atoms with van der Waals surface area (Å²) in [7, 11) is 1.64. The molecule has 0 heterocycles. The van der Waals surface area contributed by atoms with Crippen LogP contribution in [0.3, 0.4) is 0 Å². The van der Waals surface area contributed by atoms with Crippen LogP contribution in [0, 0.1) is 0 Å². The summed E-state index contributed by atoms with van der Waals surface area (Å²) in [5.74, 6) is -0.216. The molecule has 0 fully saturated rings. The third kappa shape index (κ3) is 4.09. The highest BCUT2D eigenvalue weighted by Gasteiger charge is 2.19. The number of amides is 1. The van der Waals surface area contributed by atoms with Gasteiger partial charge in [-0.15, -0.1) is 0 Å². The Bertz CT molecular complexity index is 487. The summed E-state index contributed by atoms with van der Waals surface area (Å²) in [4.78, 5) is 22.1. The summed E-state index contributed by atoms with van der Waals surface area (Å²) in [5, 5.41) is 2.59. The first-order chi connectivity index (χ1) is 8.75. The quantitative estimate of drug-likeness (QED) is 0.847. The van der Waals surface area contributed by atoms with Crippen LogP contribution >= 0.6 is 0 Å². The lowest BCUT2D eigenvalue weighted by Gasteiger charge is -2.23. The second-order valence-electron chi connectivity index (χ2n) is 5.52. The van der Waals surface area contributed by atoms with Gasteiger partial charge < -0.3 is 10.1 Å². The van der Waals surface area contributed by atoms with E-state index in [0.29, 0.717) is 6.54 Å². The Morgan fingerprint density at radius 1 is 1.26 bits per heavy atom. The van der Waals surface area contributed by atoms with Crippen molar-refractivity contribution in [3.8, 4) is 5.75 Å². The van der Waals surface area contributed by atoms with Crippen LogP contribution in [0.1, 0.15) is 38.8 Å². The van der Waals surface area contributed by atoms with Crippen molar-refractivity contribution in [2.45, 2.75) is 39.7 Å². The first-order valence-electron chi connectivity index (χ1n) is 6.22. The summed E-state index contributed by atoms with van der Waals surface area (Å²) in [6, 6.07) is 5.77. The molecule has 1 N–H and O–H groups in total. The van der Waals surface area contributed by atoms with Gasteiger partial charge in [0.1, 0.15) is 5.75 Å². The highest BCUT2D eigenvalue weighted by atomic mass is 16.5. The molecule has 0 saturated carbocycles. The third-order valence-electron chi connectivity index (χ3n) is 2.84. The van der Waals surface area contributed by atoms with E-state index < -0.39 is 11.7 Å². The number of benzene rings is 1. The predicted octanol–water partition coefficient (Wildman–Crippen LogP) is 2.20. The minimum Gasteiger partial charge on any atom is -0.496 e. The van der Waals surface area contributed by atoms with Gasteiger partial charge >= 0.3 is 0 Å². The van der Waals surface area contributed by atoms with Crippen molar-refractivity contribution < 1.29 is 14.3 Å². The molecular formula is C15H21NO3. The van der Waals surface area contributed by atoms with E-state index in [4.69, 9.17) is 4.74 Å². The van der Waals surface area contributed by atoms with Gasteiger partial charge in [-0.25, -0.2) is 0 Å². The maximum absolute atomic E-state index is 11.2. The number of carbonyl (C=O) groups is 2. The highest BCUT2D eigenvalue weighted by Crippen LogP contribution is 2.31. The molecule has 0 aromatic heterocycles. The lowest BCUT2D eigenvalue weighted by Crippen LogP contribution is -2.28. The molecule has 0 aliphatic carbocycles. The molecule has 1 rings (SSSR count). The van der Waals surface area contributed by atoms with Gasteiger partial charge in [0.15, 0.2) is 0 Å². The SMILES string of the molecule is COc1ccc(CNC(=O)C(C)=O)cc1C(C)(C)C. The number of hydrogen-bond donors (Lipinski definition) is 1. The van der Waals surface area contributed by atoms with Crippen LogP contribution in [0.4, 0.5) is 0 Å². The molecule has 19 heavy (non-hydrogen) atoms. The van der Waals surface area contributed by atoms with Gasteiger partial charge in [0.2, 0.25) is 5.78 Å². The average molecular weight is 263 g/mol. The Morgan fingerprint density at radius 3 is 2.37 bits per heavy atom. The molecule has 0 aliphatic heterocycles.